The number of imidazole rings is 1. The second-order valence-electron chi connectivity index (χ2n) is 5.77. The van der Waals surface area contributed by atoms with E-state index >= 15 is 0 Å². The smallest absolute Gasteiger partial charge is 0.338 e. The summed E-state index contributed by atoms with van der Waals surface area (Å²) in [4.78, 5) is 30.9. The molecule has 0 saturated carbocycles. The van der Waals surface area contributed by atoms with Gasteiger partial charge in [0.25, 0.3) is 0 Å². The number of H-pyrrole nitrogens is 1. The number of aromatic amines is 1. The molecule has 7 heteroatoms. The van der Waals surface area contributed by atoms with Gasteiger partial charge in [-0.05, 0) is 43.3 Å². The van der Waals surface area contributed by atoms with Gasteiger partial charge in [-0.1, -0.05) is 12.1 Å². The quantitative estimate of drug-likeness (QED) is 0.572. The van der Waals surface area contributed by atoms with Crippen molar-refractivity contribution in [2.45, 2.75) is 13.5 Å². The molecule has 1 N–H and O–H groups in total. The van der Waals surface area contributed by atoms with Crippen LogP contribution in [0, 0.1) is 6.92 Å². The summed E-state index contributed by atoms with van der Waals surface area (Å²) in [6.07, 6.45) is 1.63. The molecule has 0 bridgehead atoms. The molecule has 0 saturated heterocycles. The highest BCUT2D eigenvalue weighted by molar-refractivity contribution is 5.89. The zero-order chi connectivity index (χ0) is 18.1. The Labute approximate surface area is 147 Å². The summed E-state index contributed by atoms with van der Waals surface area (Å²) in [5.74, 6) is -0.150. The van der Waals surface area contributed by atoms with Crippen LogP contribution >= 0.6 is 0 Å². The predicted octanol–water partition coefficient (Wildman–Crippen LogP) is 2.97. The monoisotopic (exact) mass is 349 g/mol. The number of benzene rings is 2. The van der Waals surface area contributed by atoms with Gasteiger partial charge < -0.3 is 14.1 Å². The first-order valence-corrected chi connectivity index (χ1v) is 8.01. The molecule has 0 spiro atoms. The van der Waals surface area contributed by atoms with Crippen molar-refractivity contribution < 1.29 is 13.9 Å². The van der Waals surface area contributed by atoms with Crippen molar-refractivity contribution in [1.82, 2.24) is 14.5 Å². The molecular formula is C19H15N3O4. The molecule has 2 aromatic carbocycles. The normalized spacial score (nSPS) is 11.0. The van der Waals surface area contributed by atoms with Crippen LogP contribution in [0.2, 0.25) is 0 Å². The third kappa shape index (κ3) is 2.90. The number of nitrogens with zero attached hydrogens (tertiary/aromatic N) is 2. The summed E-state index contributed by atoms with van der Waals surface area (Å²) in [5, 5.41) is 0. The Bertz CT molecular complexity index is 1100. The number of oxazole rings is 1. The van der Waals surface area contributed by atoms with Crippen molar-refractivity contribution in [2.75, 3.05) is 0 Å². The van der Waals surface area contributed by atoms with Crippen LogP contribution in [0.25, 0.3) is 16.8 Å². The summed E-state index contributed by atoms with van der Waals surface area (Å²) in [7, 11) is 0. The number of esters is 1. The number of carbonyl (C=O) groups is 1. The number of ether oxygens (including phenoxy) is 1. The van der Waals surface area contributed by atoms with E-state index < -0.39 is 5.97 Å². The van der Waals surface area contributed by atoms with Crippen LogP contribution in [0.3, 0.4) is 0 Å². The van der Waals surface area contributed by atoms with Crippen molar-refractivity contribution >= 4 is 17.1 Å². The lowest BCUT2D eigenvalue weighted by Crippen LogP contribution is -2.16. The second kappa shape index (κ2) is 6.36. The Hall–Kier alpha value is -3.61. The van der Waals surface area contributed by atoms with E-state index in [1.165, 1.54) is 4.57 Å². The molecule has 0 aliphatic heterocycles. The van der Waals surface area contributed by atoms with Crippen molar-refractivity contribution in [2.24, 2.45) is 0 Å². The van der Waals surface area contributed by atoms with E-state index in [0.29, 0.717) is 22.7 Å². The predicted molar refractivity (Wildman–Crippen MR) is 94.3 cm³/mol. The van der Waals surface area contributed by atoms with E-state index in [9.17, 15) is 9.59 Å². The van der Waals surface area contributed by atoms with E-state index in [4.69, 9.17) is 9.15 Å². The fourth-order valence-corrected chi connectivity index (χ4v) is 2.72. The van der Waals surface area contributed by atoms with Gasteiger partial charge in [0.2, 0.25) is 5.89 Å². The molecule has 0 unspecified atom stereocenters. The fourth-order valence-electron chi connectivity index (χ4n) is 2.72. The SMILES string of the molecule is Cc1c[nH]c(=O)n1-c1ccc(C(=O)OCc2nc3ccccc3o2)cc1. The van der Waals surface area contributed by atoms with Crippen LogP contribution in [0.1, 0.15) is 21.9 Å². The maximum absolute atomic E-state index is 12.2. The van der Waals surface area contributed by atoms with Crippen molar-refractivity contribution in [3.63, 3.8) is 0 Å². The zero-order valence-electron chi connectivity index (χ0n) is 13.9. The van der Waals surface area contributed by atoms with Gasteiger partial charge in [-0.3, -0.25) is 4.57 Å². The molecule has 26 heavy (non-hydrogen) atoms. The van der Waals surface area contributed by atoms with Gasteiger partial charge in [-0.15, -0.1) is 0 Å². The molecule has 7 nitrogen and oxygen atoms in total. The molecule has 130 valence electrons. The van der Waals surface area contributed by atoms with E-state index in [2.05, 4.69) is 9.97 Å². The summed E-state index contributed by atoms with van der Waals surface area (Å²) in [5.41, 5.74) is 2.97. The molecular weight excluding hydrogens is 334 g/mol. The van der Waals surface area contributed by atoms with Gasteiger partial charge in [0.05, 0.1) is 11.3 Å². The maximum Gasteiger partial charge on any atom is 0.338 e. The first-order chi connectivity index (χ1) is 12.6. The number of hydrogen-bond acceptors (Lipinski definition) is 5. The average molecular weight is 349 g/mol. The second-order valence-corrected chi connectivity index (χ2v) is 5.77. The highest BCUT2D eigenvalue weighted by Crippen LogP contribution is 2.16. The fraction of sp³-hybridized carbons (Fsp3) is 0.105. The molecule has 4 aromatic rings. The Morgan fingerprint density at radius 2 is 1.96 bits per heavy atom. The molecule has 4 rings (SSSR count). The highest BCUT2D eigenvalue weighted by atomic mass is 16.5. The van der Waals surface area contributed by atoms with Crippen LogP contribution < -0.4 is 5.69 Å². The van der Waals surface area contributed by atoms with Gasteiger partial charge in [0, 0.05) is 11.9 Å². The summed E-state index contributed by atoms with van der Waals surface area (Å²) >= 11 is 0. The lowest BCUT2D eigenvalue weighted by atomic mass is 10.2. The molecule has 0 atom stereocenters. The molecule has 2 aromatic heterocycles. The van der Waals surface area contributed by atoms with E-state index in [1.807, 2.05) is 25.1 Å². The first-order valence-electron chi connectivity index (χ1n) is 8.01. The number of carbonyl (C=O) groups excluding carboxylic acids is 1. The van der Waals surface area contributed by atoms with Gasteiger partial charge in [0.1, 0.15) is 5.52 Å². The Morgan fingerprint density at radius 1 is 1.19 bits per heavy atom. The third-order valence-electron chi connectivity index (χ3n) is 3.99. The number of aromatic nitrogens is 3. The average Bonchev–Trinajstić information content (AvgIpc) is 3.22. The first kappa shape index (κ1) is 15.9. The molecule has 0 amide bonds. The molecule has 0 radical (unpaired) electrons. The van der Waals surface area contributed by atoms with Crippen LogP contribution in [0.4, 0.5) is 0 Å². The van der Waals surface area contributed by atoms with Crippen molar-refractivity contribution in [3.05, 3.63) is 82.4 Å². The van der Waals surface area contributed by atoms with Crippen molar-refractivity contribution in [1.29, 1.82) is 0 Å². The van der Waals surface area contributed by atoms with Gasteiger partial charge in [-0.2, -0.15) is 0 Å². The summed E-state index contributed by atoms with van der Waals surface area (Å²) < 4.78 is 12.3. The zero-order valence-corrected chi connectivity index (χ0v) is 13.9. The number of fused-ring (bicyclic) bond motifs is 1. The number of rotatable bonds is 4. The Balaban J connectivity index is 1.47. The van der Waals surface area contributed by atoms with Crippen LogP contribution in [0.15, 0.2) is 63.9 Å². The minimum atomic E-state index is -0.489. The number of para-hydroxylation sites is 2. The standard InChI is InChI=1S/C19H15N3O4/c1-12-10-20-19(24)22(12)14-8-6-13(7-9-14)18(23)25-11-17-21-15-4-2-3-5-16(15)26-17/h2-10H,11H2,1H3,(H,20,24). The lowest BCUT2D eigenvalue weighted by molar-refractivity contribution is 0.0440. The van der Waals surface area contributed by atoms with E-state index in [1.54, 1.807) is 36.5 Å². The Kier molecular flexibility index (Phi) is 3.89. The van der Waals surface area contributed by atoms with Crippen LogP contribution in [0.5, 0.6) is 0 Å². The number of aryl methyl sites for hydroxylation is 1. The minimum Gasteiger partial charge on any atom is -0.452 e. The Morgan fingerprint density at radius 3 is 2.65 bits per heavy atom. The van der Waals surface area contributed by atoms with Crippen molar-refractivity contribution in [3.8, 4) is 5.69 Å². The number of hydrogen-bond donors (Lipinski definition) is 1. The number of nitrogens with one attached hydrogen (secondary N) is 1. The molecule has 0 fully saturated rings. The van der Waals surface area contributed by atoms with Crippen LogP contribution in [-0.4, -0.2) is 20.5 Å². The van der Waals surface area contributed by atoms with Crippen LogP contribution in [-0.2, 0) is 11.3 Å². The largest absolute Gasteiger partial charge is 0.452 e. The highest BCUT2D eigenvalue weighted by Gasteiger charge is 2.12. The van der Waals surface area contributed by atoms with E-state index in [0.717, 1.165) is 11.2 Å². The molecule has 2 heterocycles. The topological polar surface area (TPSA) is 90.1 Å². The van der Waals surface area contributed by atoms with Gasteiger partial charge in [0.15, 0.2) is 12.2 Å². The van der Waals surface area contributed by atoms with Gasteiger partial charge >= 0.3 is 11.7 Å². The summed E-state index contributed by atoms with van der Waals surface area (Å²) in [6.45, 7) is 1.77. The molecule has 0 aliphatic carbocycles. The molecule has 0 aliphatic rings. The summed E-state index contributed by atoms with van der Waals surface area (Å²) in [6, 6.07) is 14.0. The van der Waals surface area contributed by atoms with E-state index in [-0.39, 0.29) is 12.3 Å². The third-order valence-corrected chi connectivity index (χ3v) is 3.99. The lowest BCUT2D eigenvalue weighted by Gasteiger charge is -2.06. The maximum atomic E-state index is 12.2. The minimum absolute atomic E-state index is 0.0500. The van der Waals surface area contributed by atoms with Gasteiger partial charge in [-0.25, -0.2) is 14.6 Å².